The fourth-order valence-electron chi connectivity index (χ4n) is 9.63. The topological polar surface area (TPSA) is 70.4 Å². The number of fused-ring (bicyclic) bond motifs is 6. The molecule has 0 saturated carbocycles. The van der Waals surface area contributed by atoms with Crippen molar-refractivity contribution in [1.29, 1.82) is 5.26 Å². The fourth-order valence-corrected chi connectivity index (χ4v) is 9.63. The van der Waals surface area contributed by atoms with Crippen LogP contribution in [-0.4, -0.2) is 20.8 Å². The van der Waals surface area contributed by atoms with Crippen LogP contribution in [0.2, 0.25) is 0 Å². The quantitative estimate of drug-likeness (QED) is 0.174. The molecule has 1 aliphatic heterocycles. The third kappa shape index (κ3) is 6.02. The average Bonchev–Trinajstić information content (AvgIpc) is 3.91. The number of benzene rings is 9. The number of nitrogens with zero attached hydrogens (tertiary/aromatic N) is 5. The van der Waals surface area contributed by atoms with Crippen molar-refractivity contribution < 1.29 is 0 Å². The lowest BCUT2D eigenvalue weighted by Crippen LogP contribution is -2.34. The Labute approximate surface area is 370 Å². The number of nitrogens with one attached hydrogen (secondary N) is 1. The van der Waals surface area contributed by atoms with Gasteiger partial charge in [0.15, 0.2) is 5.84 Å². The van der Waals surface area contributed by atoms with Gasteiger partial charge in [-0.3, -0.25) is 0 Å². The molecule has 300 valence electrons. The maximum absolute atomic E-state index is 10.9. The summed E-state index contributed by atoms with van der Waals surface area (Å²) in [6.07, 6.45) is -0.523. The molecule has 64 heavy (non-hydrogen) atoms. The number of amidine groups is 2. The number of aromatic nitrogens is 2. The van der Waals surface area contributed by atoms with Gasteiger partial charge in [0.05, 0.1) is 33.3 Å². The van der Waals surface area contributed by atoms with Gasteiger partial charge in [-0.05, 0) is 64.7 Å². The zero-order valence-electron chi connectivity index (χ0n) is 34.6. The van der Waals surface area contributed by atoms with E-state index in [2.05, 4.69) is 184 Å². The molecule has 1 aliphatic rings. The zero-order chi connectivity index (χ0) is 42.6. The van der Waals surface area contributed by atoms with Gasteiger partial charge in [0.2, 0.25) is 0 Å². The Morgan fingerprint density at radius 3 is 1.73 bits per heavy atom. The average molecular weight is 819 g/mol. The van der Waals surface area contributed by atoms with Gasteiger partial charge in [0.25, 0.3) is 0 Å². The van der Waals surface area contributed by atoms with Crippen molar-refractivity contribution in [3.8, 4) is 39.7 Å². The highest BCUT2D eigenvalue weighted by atomic mass is 15.2. The van der Waals surface area contributed by atoms with Gasteiger partial charge in [0, 0.05) is 43.9 Å². The normalized spacial score (nSPS) is 13.8. The molecular weight excluding hydrogens is 781 g/mol. The molecule has 6 heteroatoms. The minimum atomic E-state index is -0.523. The van der Waals surface area contributed by atoms with Crippen molar-refractivity contribution in [2.24, 2.45) is 9.98 Å². The Hall–Kier alpha value is -8.79. The molecule has 0 spiro atoms. The minimum absolute atomic E-state index is 0.523. The summed E-state index contributed by atoms with van der Waals surface area (Å²) in [6.45, 7) is 0. The standard InChI is InChI=1S/C58H38N6/c59-37-42-24-15-30-48-54-45(44-28-16-32-50-53(44)46-27-13-14-31-49(46)63(50)43-25-11-4-12-26-43)29-17-33-51(54)64(55(42)48)52-36-41(38-18-5-1-6-19-38)34-35-47(52)58-61-56(39-20-7-2-8-21-39)60-57(62-58)40-22-9-3-10-23-40/h1-36,58H,(H,60,61,62). The summed E-state index contributed by atoms with van der Waals surface area (Å²) in [5, 5.41) is 19.1. The number of nitriles is 1. The van der Waals surface area contributed by atoms with Gasteiger partial charge in [-0.1, -0.05) is 176 Å². The summed E-state index contributed by atoms with van der Waals surface area (Å²) in [4.78, 5) is 10.5. The van der Waals surface area contributed by atoms with Gasteiger partial charge in [-0.25, -0.2) is 9.98 Å². The van der Waals surface area contributed by atoms with Crippen LogP contribution in [0.1, 0.15) is 28.4 Å². The van der Waals surface area contributed by atoms with Crippen molar-refractivity contribution in [2.75, 3.05) is 0 Å². The molecule has 0 saturated heterocycles. The lowest BCUT2D eigenvalue weighted by molar-refractivity contribution is 0.671. The summed E-state index contributed by atoms with van der Waals surface area (Å²) >= 11 is 0. The SMILES string of the molecule is N#Cc1cccc2c3c(-c4cccc5c4c4ccccc4n5-c4ccccc4)cccc3n(-c3cc(-c4ccccc4)ccc3C3N=C(c4ccccc4)N=C(c4ccccc4)N3)c12. The number of para-hydroxylation sites is 3. The molecule has 11 aromatic rings. The van der Waals surface area contributed by atoms with Gasteiger partial charge in [-0.15, -0.1) is 0 Å². The van der Waals surface area contributed by atoms with Gasteiger partial charge in [-0.2, -0.15) is 5.26 Å². The number of hydrogen-bond acceptors (Lipinski definition) is 4. The van der Waals surface area contributed by atoms with E-state index in [1.807, 2.05) is 54.6 Å². The highest BCUT2D eigenvalue weighted by Gasteiger charge is 2.28. The van der Waals surface area contributed by atoms with Crippen LogP contribution in [0.25, 0.3) is 77.2 Å². The molecule has 0 aliphatic carbocycles. The summed E-state index contributed by atoms with van der Waals surface area (Å²) in [6, 6.07) is 78.6. The first-order valence-electron chi connectivity index (χ1n) is 21.5. The molecule has 6 nitrogen and oxygen atoms in total. The molecule has 1 N–H and O–H groups in total. The van der Waals surface area contributed by atoms with Gasteiger partial charge < -0.3 is 14.5 Å². The highest BCUT2D eigenvalue weighted by molar-refractivity contribution is 6.23. The summed E-state index contributed by atoms with van der Waals surface area (Å²) in [7, 11) is 0. The Morgan fingerprint density at radius 2 is 1.03 bits per heavy atom. The minimum Gasteiger partial charge on any atom is -0.344 e. The maximum Gasteiger partial charge on any atom is 0.159 e. The van der Waals surface area contributed by atoms with Crippen molar-refractivity contribution >= 4 is 55.3 Å². The molecule has 1 atom stereocenters. The van der Waals surface area contributed by atoms with E-state index in [0.29, 0.717) is 11.4 Å². The van der Waals surface area contributed by atoms with E-state index in [9.17, 15) is 5.26 Å². The Bertz CT molecular complexity index is 3690. The molecule has 1 unspecified atom stereocenters. The summed E-state index contributed by atoms with van der Waals surface area (Å²) < 4.78 is 4.66. The first kappa shape index (κ1) is 37.0. The number of hydrogen-bond donors (Lipinski definition) is 1. The van der Waals surface area contributed by atoms with Crippen molar-refractivity contribution in [3.05, 3.63) is 241 Å². The zero-order valence-corrected chi connectivity index (χ0v) is 34.6. The van der Waals surface area contributed by atoms with E-state index in [1.165, 1.54) is 10.8 Å². The number of rotatable bonds is 7. The molecule has 0 radical (unpaired) electrons. The van der Waals surface area contributed by atoms with Crippen LogP contribution in [0, 0.1) is 11.3 Å². The molecule has 9 aromatic carbocycles. The van der Waals surface area contributed by atoms with E-state index in [0.717, 1.165) is 89.0 Å². The monoisotopic (exact) mass is 818 g/mol. The van der Waals surface area contributed by atoms with Crippen molar-refractivity contribution in [1.82, 2.24) is 14.5 Å². The third-order valence-electron chi connectivity index (χ3n) is 12.4. The van der Waals surface area contributed by atoms with E-state index < -0.39 is 6.17 Å². The van der Waals surface area contributed by atoms with Crippen LogP contribution in [0.5, 0.6) is 0 Å². The van der Waals surface area contributed by atoms with Crippen LogP contribution in [-0.2, 0) is 0 Å². The maximum atomic E-state index is 10.9. The second kappa shape index (κ2) is 15.3. The first-order chi connectivity index (χ1) is 31.7. The number of aliphatic imine (C=N–C) groups is 2. The molecule has 2 aromatic heterocycles. The lowest BCUT2D eigenvalue weighted by atomic mass is 9.95. The molecule has 0 bridgehead atoms. The first-order valence-corrected chi connectivity index (χ1v) is 21.5. The van der Waals surface area contributed by atoms with Crippen molar-refractivity contribution in [3.63, 3.8) is 0 Å². The Kier molecular flexibility index (Phi) is 8.84. The molecule has 0 fully saturated rings. The van der Waals surface area contributed by atoms with E-state index in [1.54, 1.807) is 0 Å². The summed E-state index contributed by atoms with van der Waals surface area (Å²) in [5.74, 6) is 1.38. The highest BCUT2D eigenvalue weighted by Crippen LogP contribution is 2.45. The predicted molar refractivity (Wildman–Crippen MR) is 263 cm³/mol. The summed E-state index contributed by atoms with van der Waals surface area (Å²) in [5.41, 5.74) is 13.9. The van der Waals surface area contributed by atoms with E-state index in [-0.39, 0.29) is 0 Å². The second-order valence-corrected chi connectivity index (χ2v) is 16.1. The van der Waals surface area contributed by atoms with Crippen LogP contribution < -0.4 is 5.32 Å². The second-order valence-electron chi connectivity index (χ2n) is 16.1. The van der Waals surface area contributed by atoms with Crippen LogP contribution in [0.4, 0.5) is 0 Å². The van der Waals surface area contributed by atoms with Crippen LogP contribution >= 0.6 is 0 Å². The third-order valence-corrected chi connectivity index (χ3v) is 12.4. The van der Waals surface area contributed by atoms with Crippen LogP contribution in [0.15, 0.2) is 228 Å². The largest absolute Gasteiger partial charge is 0.344 e. The smallest absolute Gasteiger partial charge is 0.159 e. The van der Waals surface area contributed by atoms with Gasteiger partial charge in [0.1, 0.15) is 18.1 Å². The molecule has 12 rings (SSSR count). The van der Waals surface area contributed by atoms with Gasteiger partial charge >= 0.3 is 0 Å². The predicted octanol–water partition coefficient (Wildman–Crippen LogP) is 13.6. The molecular formula is C58H38N6. The fraction of sp³-hybridized carbons (Fsp3) is 0.0172. The van der Waals surface area contributed by atoms with E-state index in [4.69, 9.17) is 9.98 Å². The van der Waals surface area contributed by atoms with Crippen LogP contribution in [0.3, 0.4) is 0 Å². The Morgan fingerprint density at radius 1 is 0.469 bits per heavy atom. The molecule has 0 amide bonds. The lowest BCUT2D eigenvalue weighted by Gasteiger charge is -2.26. The molecule has 3 heterocycles. The Balaban J connectivity index is 1.15. The van der Waals surface area contributed by atoms with Crippen molar-refractivity contribution in [2.45, 2.75) is 6.17 Å². The van der Waals surface area contributed by atoms with E-state index >= 15 is 0 Å².